The number of hydrogen-bond acceptors (Lipinski definition) is 7. The van der Waals surface area contributed by atoms with E-state index in [9.17, 15) is 9.59 Å². The first-order valence-corrected chi connectivity index (χ1v) is 11.7. The maximum Gasteiger partial charge on any atom is 0.273 e. The van der Waals surface area contributed by atoms with E-state index in [1.807, 2.05) is 18.2 Å². The fourth-order valence-electron chi connectivity index (χ4n) is 4.38. The Labute approximate surface area is 197 Å². The first-order valence-electron chi connectivity index (χ1n) is 11.7. The summed E-state index contributed by atoms with van der Waals surface area (Å²) in [7, 11) is 0. The summed E-state index contributed by atoms with van der Waals surface area (Å²) < 4.78 is 5.37. The third-order valence-corrected chi connectivity index (χ3v) is 6.43. The Hall–Kier alpha value is -3.72. The van der Waals surface area contributed by atoms with Gasteiger partial charge in [0.15, 0.2) is 5.69 Å². The number of nitrogen functional groups attached to an aromatic ring is 1. The lowest BCUT2D eigenvalue weighted by Crippen LogP contribution is -2.39. The Morgan fingerprint density at radius 2 is 1.88 bits per heavy atom. The van der Waals surface area contributed by atoms with E-state index in [2.05, 4.69) is 26.1 Å². The number of rotatable bonds is 7. The van der Waals surface area contributed by atoms with Crippen LogP contribution in [0.25, 0.3) is 0 Å². The molecule has 0 bridgehead atoms. The van der Waals surface area contributed by atoms with Crippen molar-refractivity contribution < 1.29 is 14.1 Å². The molecule has 176 valence electrons. The number of amides is 2. The van der Waals surface area contributed by atoms with Crippen molar-refractivity contribution in [2.75, 3.05) is 24.1 Å². The largest absolute Gasteiger partial charge is 0.384 e. The number of piperidine rings is 1. The summed E-state index contributed by atoms with van der Waals surface area (Å²) in [6.07, 6.45) is 5.52. The van der Waals surface area contributed by atoms with Gasteiger partial charge in [0.05, 0.1) is 17.9 Å². The molecule has 3 heterocycles. The molecule has 1 aromatic carbocycles. The third-order valence-electron chi connectivity index (χ3n) is 6.43. The molecular formula is C25H28N6O3. The molecule has 0 spiro atoms. The molecule has 1 saturated carbocycles. The lowest BCUT2D eigenvalue weighted by Gasteiger charge is -2.31. The molecule has 1 atom stereocenters. The Bertz CT molecular complexity index is 1170. The number of hydrogen-bond donors (Lipinski definition) is 4. The molecule has 9 nitrogen and oxygen atoms in total. The van der Waals surface area contributed by atoms with Crippen LogP contribution in [0.4, 0.5) is 11.5 Å². The van der Waals surface area contributed by atoms with Crippen molar-refractivity contribution in [2.24, 2.45) is 5.92 Å². The predicted octanol–water partition coefficient (Wildman–Crippen LogP) is 3.25. The second kappa shape index (κ2) is 9.64. The average molecular weight is 461 g/mol. The first kappa shape index (κ1) is 22.1. The molecule has 1 unspecified atom stereocenters. The van der Waals surface area contributed by atoms with Crippen molar-refractivity contribution in [3.05, 3.63) is 71.2 Å². The molecule has 34 heavy (non-hydrogen) atoms. The molecular weight excluding hydrogens is 432 g/mol. The highest BCUT2D eigenvalue weighted by Gasteiger charge is 2.31. The number of aromatic nitrogens is 2. The minimum Gasteiger partial charge on any atom is -0.384 e. The number of benzene rings is 1. The highest BCUT2D eigenvalue weighted by atomic mass is 16.5. The highest BCUT2D eigenvalue weighted by molar-refractivity contribution is 6.04. The predicted molar refractivity (Wildman–Crippen MR) is 127 cm³/mol. The van der Waals surface area contributed by atoms with Crippen LogP contribution in [0.2, 0.25) is 0 Å². The van der Waals surface area contributed by atoms with Gasteiger partial charge in [-0.25, -0.2) is 4.98 Å². The number of carbonyl (C=O) groups is 2. The Kier molecular flexibility index (Phi) is 6.27. The van der Waals surface area contributed by atoms with Crippen LogP contribution in [0, 0.1) is 5.92 Å². The SMILES string of the molecule is Nc1ccc(NC(=O)c2cccc(C(NC(=O)c3cc(C4CC4)on3)C3CCNCC3)c2)cn1. The standard InChI is InChI=1S/C25H28N6O3/c26-22-7-6-19(14-28-22)29-24(32)18-3-1-2-17(12-18)23(16-8-10-27-11-9-16)30-25(33)20-13-21(34-31-20)15-4-5-15/h1-3,6-7,12-16,23,27H,4-5,8-11H2,(H2,26,28)(H,29,32)(H,30,33). The molecule has 1 aliphatic heterocycles. The van der Waals surface area contributed by atoms with Gasteiger partial charge in [-0.1, -0.05) is 17.3 Å². The number of nitrogens with zero attached hydrogens (tertiary/aromatic N) is 2. The van der Waals surface area contributed by atoms with Gasteiger partial charge in [-0.3, -0.25) is 9.59 Å². The summed E-state index contributed by atoms with van der Waals surface area (Å²) in [5, 5.41) is 13.4. The lowest BCUT2D eigenvalue weighted by atomic mass is 9.85. The van der Waals surface area contributed by atoms with Crippen molar-refractivity contribution in [3.8, 4) is 0 Å². The zero-order chi connectivity index (χ0) is 23.5. The van der Waals surface area contributed by atoms with E-state index < -0.39 is 0 Å². The van der Waals surface area contributed by atoms with Crippen LogP contribution < -0.4 is 21.7 Å². The van der Waals surface area contributed by atoms with Gasteiger partial charge in [0.25, 0.3) is 11.8 Å². The van der Waals surface area contributed by atoms with Crippen LogP contribution in [-0.2, 0) is 0 Å². The molecule has 5 N–H and O–H groups in total. The summed E-state index contributed by atoms with van der Waals surface area (Å²) in [6.45, 7) is 1.77. The van der Waals surface area contributed by atoms with Gasteiger partial charge in [-0.05, 0) is 74.5 Å². The van der Waals surface area contributed by atoms with E-state index in [1.54, 1.807) is 24.3 Å². The monoisotopic (exact) mass is 460 g/mol. The van der Waals surface area contributed by atoms with Crippen LogP contribution in [0.3, 0.4) is 0 Å². The summed E-state index contributed by atoms with van der Waals surface area (Å²) in [5.74, 6) is 1.27. The average Bonchev–Trinajstić information content (AvgIpc) is 3.60. The number of nitrogens with one attached hydrogen (secondary N) is 3. The fourth-order valence-corrected chi connectivity index (χ4v) is 4.38. The van der Waals surface area contributed by atoms with Gasteiger partial charge in [0, 0.05) is 17.5 Å². The lowest BCUT2D eigenvalue weighted by molar-refractivity contribution is 0.0904. The first-order chi connectivity index (χ1) is 16.6. The summed E-state index contributed by atoms with van der Waals surface area (Å²) in [4.78, 5) is 30.0. The van der Waals surface area contributed by atoms with Gasteiger partial charge in [0.2, 0.25) is 0 Å². The Balaban J connectivity index is 1.36. The number of carbonyl (C=O) groups excluding carboxylic acids is 2. The molecule has 0 radical (unpaired) electrons. The second-order valence-corrected chi connectivity index (χ2v) is 8.98. The van der Waals surface area contributed by atoms with Crippen LogP contribution in [0.1, 0.15) is 69.8 Å². The van der Waals surface area contributed by atoms with Crippen molar-refractivity contribution in [2.45, 2.75) is 37.6 Å². The van der Waals surface area contributed by atoms with Crippen molar-refractivity contribution >= 4 is 23.3 Å². The van der Waals surface area contributed by atoms with Crippen LogP contribution in [0.15, 0.2) is 53.2 Å². The maximum absolute atomic E-state index is 13.1. The summed E-state index contributed by atoms with van der Waals surface area (Å²) in [5.41, 5.74) is 7.86. The third kappa shape index (κ3) is 5.09. The molecule has 1 saturated heterocycles. The van der Waals surface area contributed by atoms with E-state index in [-0.39, 0.29) is 23.8 Å². The zero-order valence-corrected chi connectivity index (χ0v) is 18.8. The minimum atomic E-state index is -0.262. The second-order valence-electron chi connectivity index (χ2n) is 8.98. The summed E-state index contributed by atoms with van der Waals surface area (Å²) in [6, 6.07) is 12.2. The molecule has 1 aliphatic carbocycles. The Morgan fingerprint density at radius 3 is 2.62 bits per heavy atom. The smallest absolute Gasteiger partial charge is 0.273 e. The van der Waals surface area contributed by atoms with Gasteiger partial charge >= 0.3 is 0 Å². The van der Waals surface area contributed by atoms with Gasteiger partial charge in [0.1, 0.15) is 11.6 Å². The van der Waals surface area contributed by atoms with E-state index in [4.69, 9.17) is 10.3 Å². The van der Waals surface area contributed by atoms with Crippen LogP contribution in [0.5, 0.6) is 0 Å². The Morgan fingerprint density at radius 1 is 1.06 bits per heavy atom. The fraction of sp³-hybridized carbons (Fsp3) is 0.360. The van der Waals surface area contributed by atoms with Crippen LogP contribution in [-0.4, -0.2) is 35.0 Å². The molecule has 9 heteroatoms. The normalized spacial score (nSPS) is 17.2. The topological polar surface area (TPSA) is 135 Å². The molecule has 2 aliphatic rings. The molecule has 2 aromatic heterocycles. The van der Waals surface area contributed by atoms with E-state index >= 15 is 0 Å². The quantitative estimate of drug-likeness (QED) is 0.425. The highest BCUT2D eigenvalue weighted by Crippen LogP contribution is 2.40. The van der Waals surface area contributed by atoms with E-state index in [1.165, 1.54) is 6.20 Å². The van der Waals surface area contributed by atoms with Crippen molar-refractivity contribution in [1.29, 1.82) is 0 Å². The number of anilines is 2. The van der Waals surface area contributed by atoms with Crippen LogP contribution >= 0.6 is 0 Å². The minimum absolute atomic E-state index is 0.236. The van der Waals surface area contributed by atoms with Gasteiger partial charge in [-0.15, -0.1) is 0 Å². The maximum atomic E-state index is 13.1. The summed E-state index contributed by atoms with van der Waals surface area (Å²) >= 11 is 0. The van der Waals surface area contributed by atoms with Crippen molar-refractivity contribution in [1.82, 2.24) is 20.8 Å². The number of nitrogens with two attached hydrogens (primary N) is 1. The van der Waals surface area contributed by atoms with E-state index in [0.29, 0.717) is 28.7 Å². The molecule has 2 amide bonds. The van der Waals surface area contributed by atoms with Gasteiger partial charge in [-0.2, -0.15) is 0 Å². The van der Waals surface area contributed by atoms with Crippen molar-refractivity contribution in [3.63, 3.8) is 0 Å². The molecule has 2 fully saturated rings. The van der Waals surface area contributed by atoms with E-state index in [0.717, 1.165) is 50.1 Å². The molecule has 3 aromatic rings. The zero-order valence-electron chi connectivity index (χ0n) is 18.8. The number of pyridine rings is 1. The van der Waals surface area contributed by atoms with Gasteiger partial charge < -0.3 is 26.2 Å². The molecule has 5 rings (SSSR count).